The van der Waals surface area contributed by atoms with E-state index in [2.05, 4.69) is 50.3 Å². The second-order valence-corrected chi connectivity index (χ2v) is 7.83. The molecule has 1 aromatic rings. The van der Waals surface area contributed by atoms with E-state index in [1.807, 2.05) is 6.92 Å². The smallest absolute Gasteiger partial charge is 0.109 e. The van der Waals surface area contributed by atoms with Gasteiger partial charge in [0.1, 0.15) is 5.01 Å². The molecule has 3 N–H and O–H groups in total. The standard InChI is InChI=1S/C14H27N3S/c1-10(15)12-17-11(8-18-12)7-16-14(5,6)9-13(2,3)4/h8,10,16H,7,9,15H2,1-6H3. The number of rotatable bonds is 5. The quantitative estimate of drug-likeness (QED) is 0.860. The Morgan fingerprint density at radius 1 is 1.33 bits per heavy atom. The van der Waals surface area contributed by atoms with Crippen molar-refractivity contribution in [2.24, 2.45) is 11.1 Å². The van der Waals surface area contributed by atoms with E-state index in [1.165, 1.54) is 0 Å². The number of hydrogen-bond donors (Lipinski definition) is 2. The fourth-order valence-corrected chi connectivity index (χ4v) is 3.11. The van der Waals surface area contributed by atoms with Crippen LogP contribution in [0, 0.1) is 5.41 Å². The minimum Gasteiger partial charge on any atom is -0.322 e. The molecule has 0 saturated heterocycles. The average molecular weight is 269 g/mol. The van der Waals surface area contributed by atoms with Crippen molar-refractivity contribution in [3.63, 3.8) is 0 Å². The zero-order valence-electron chi connectivity index (χ0n) is 12.5. The molecule has 1 unspecified atom stereocenters. The second-order valence-electron chi connectivity index (χ2n) is 6.94. The first-order valence-electron chi connectivity index (χ1n) is 6.54. The highest BCUT2D eigenvalue weighted by Gasteiger charge is 2.25. The first-order valence-corrected chi connectivity index (χ1v) is 7.42. The number of hydrogen-bond acceptors (Lipinski definition) is 4. The van der Waals surface area contributed by atoms with Gasteiger partial charge in [-0.3, -0.25) is 0 Å². The summed E-state index contributed by atoms with van der Waals surface area (Å²) in [5.41, 5.74) is 7.36. The predicted octanol–water partition coefficient (Wildman–Crippen LogP) is 3.47. The maximum absolute atomic E-state index is 5.82. The summed E-state index contributed by atoms with van der Waals surface area (Å²) in [5.74, 6) is 0. The first-order chi connectivity index (χ1) is 8.09. The van der Waals surface area contributed by atoms with Crippen molar-refractivity contribution in [2.45, 2.75) is 66.1 Å². The van der Waals surface area contributed by atoms with Crippen molar-refractivity contribution in [2.75, 3.05) is 0 Å². The molecule has 1 heterocycles. The number of nitrogens with zero attached hydrogens (tertiary/aromatic N) is 1. The summed E-state index contributed by atoms with van der Waals surface area (Å²) in [6.07, 6.45) is 1.13. The third kappa shape index (κ3) is 5.46. The molecule has 0 aromatic carbocycles. The Balaban J connectivity index is 2.53. The Morgan fingerprint density at radius 2 is 1.94 bits per heavy atom. The van der Waals surface area contributed by atoms with Gasteiger partial charge >= 0.3 is 0 Å². The van der Waals surface area contributed by atoms with E-state index in [0.29, 0.717) is 5.41 Å². The summed E-state index contributed by atoms with van der Waals surface area (Å²) >= 11 is 1.65. The molecular weight excluding hydrogens is 242 g/mol. The van der Waals surface area contributed by atoms with Gasteiger partial charge in [-0.2, -0.15) is 0 Å². The summed E-state index contributed by atoms with van der Waals surface area (Å²) in [5, 5.41) is 6.70. The van der Waals surface area contributed by atoms with E-state index in [-0.39, 0.29) is 11.6 Å². The molecule has 104 valence electrons. The molecule has 0 bridgehead atoms. The largest absolute Gasteiger partial charge is 0.322 e. The van der Waals surface area contributed by atoms with Crippen LogP contribution >= 0.6 is 11.3 Å². The topological polar surface area (TPSA) is 50.9 Å². The molecule has 0 fully saturated rings. The molecule has 0 spiro atoms. The van der Waals surface area contributed by atoms with Gasteiger partial charge in [0.05, 0.1) is 11.7 Å². The lowest BCUT2D eigenvalue weighted by Gasteiger charge is -2.33. The van der Waals surface area contributed by atoms with Crippen LogP contribution in [0.3, 0.4) is 0 Å². The van der Waals surface area contributed by atoms with Crippen LogP contribution in [0.1, 0.15) is 64.7 Å². The third-order valence-electron chi connectivity index (χ3n) is 2.68. The summed E-state index contributed by atoms with van der Waals surface area (Å²) in [6.45, 7) is 14.1. The van der Waals surface area contributed by atoms with Gasteiger partial charge < -0.3 is 11.1 Å². The van der Waals surface area contributed by atoms with E-state index in [0.717, 1.165) is 23.7 Å². The third-order valence-corrected chi connectivity index (χ3v) is 3.77. The van der Waals surface area contributed by atoms with Gasteiger partial charge in [0, 0.05) is 17.5 Å². The minimum atomic E-state index is 0.0336. The van der Waals surface area contributed by atoms with Crippen LogP contribution in [0.25, 0.3) is 0 Å². The van der Waals surface area contributed by atoms with Crippen LogP contribution in [0.5, 0.6) is 0 Å². The maximum Gasteiger partial charge on any atom is 0.109 e. The monoisotopic (exact) mass is 269 g/mol. The molecule has 0 amide bonds. The molecule has 1 rings (SSSR count). The molecular formula is C14H27N3S. The van der Waals surface area contributed by atoms with Gasteiger partial charge in [-0.25, -0.2) is 4.98 Å². The fraction of sp³-hybridized carbons (Fsp3) is 0.786. The zero-order valence-corrected chi connectivity index (χ0v) is 13.3. The van der Waals surface area contributed by atoms with Crippen LogP contribution in [0.2, 0.25) is 0 Å². The fourth-order valence-electron chi connectivity index (χ4n) is 2.33. The maximum atomic E-state index is 5.82. The van der Waals surface area contributed by atoms with E-state index < -0.39 is 0 Å². The van der Waals surface area contributed by atoms with Gasteiger partial charge in [0.15, 0.2) is 0 Å². The van der Waals surface area contributed by atoms with Crippen molar-refractivity contribution < 1.29 is 0 Å². The van der Waals surface area contributed by atoms with Crippen LogP contribution in [-0.4, -0.2) is 10.5 Å². The highest BCUT2D eigenvalue weighted by Crippen LogP contribution is 2.27. The van der Waals surface area contributed by atoms with Gasteiger partial charge in [0.25, 0.3) is 0 Å². The molecule has 1 atom stereocenters. The van der Waals surface area contributed by atoms with Crippen molar-refractivity contribution >= 4 is 11.3 Å². The Morgan fingerprint density at radius 3 is 2.39 bits per heavy atom. The molecule has 0 saturated carbocycles. The number of thiazole rings is 1. The van der Waals surface area contributed by atoms with Crippen molar-refractivity contribution in [3.8, 4) is 0 Å². The summed E-state index contributed by atoms with van der Waals surface area (Å²) in [7, 11) is 0. The highest BCUT2D eigenvalue weighted by atomic mass is 32.1. The second kappa shape index (κ2) is 5.68. The van der Waals surface area contributed by atoms with Crippen molar-refractivity contribution in [1.82, 2.24) is 10.3 Å². The lowest BCUT2D eigenvalue weighted by atomic mass is 9.82. The Labute approximate surface area is 115 Å². The SMILES string of the molecule is CC(N)c1nc(CNC(C)(C)CC(C)(C)C)cs1. The number of nitrogens with two attached hydrogens (primary N) is 1. The summed E-state index contributed by atoms with van der Waals surface area (Å²) in [6, 6.07) is 0.0336. The van der Waals surface area contributed by atoms with Gasteiger partial charge in [-0.15, -0.1) is 11.3 Å². The van der Waals surface area contributed by atoms with Gasteiger partial charge in [0.2, 0.25) is 0 Å². The van der Waals surface area contributed by atoms with E-state index in [1.54, 1.807) is 11.3 Å². The molecule has 0 aliphatic heterocycles. The van der Waals surface area contributed by atoms with Crippen LogP contribution in [0.4, 0.5) is 0 Å². The van der Waals surface area contributed by atoms with Crippen molar-refractivity contribution in [3.05, 3.63) is 16.1 Å². The first kappa shape index (κ1) is 15.6. The molecule has 0 aliphatic carbocycles. The Bertz CT molecular complexity index is 375. The van der Waals surface area contributed by atoms with Crippen LogP contribution in [-0.2, 0) is 6.54 Å². The zero-order chi connectivity index (χ0) is 14.0. The lowest BCUT2D eigenvalue weighted by Crippen LogP contribution is -2.41. The molecule has 0 aliphatic rings. The predicted molar refractivity (Wildman–Crippen MR) is 79.7 cm³/mol. The van der Waals surface area contributed by atoms with Crippen LogP contribution < -0.4 is 11.1 Å². The normalized spacial score (nSPS) is 14.8. The lowest BCUT2D eigenvalue weighted by molar-refractivity contribution is 0.240. The minimum absolute atomic E-state index is 0.0336. The Kier molecular flexibility index (Phi) is 4.92. The van der Waals surface area contributed by atoms with E-state index in [4.69, 9.17) is 5.73 Å². The van der Waals surface area contributed by atoms with E-state index >= 15 is 0 Å². The highest BCUT2D eigenvalue weighted by molar-refractivity contribution is 7.09. The molecule has 18 heavy (non-hydrogen) atoms. The van der Waals surface area contributed by atoms with Crippen molar-refractivity contribution in [1.29, 1.82) is 0 Å². The van der Waals surface area contributed by atoms with Gasteiger partial charge in [-0.1, -0.05) is 20.8 Å². The Hall–Kier alpha value is -0.450. The van der Waals surface area contributed by atoms with Crippen LogP contribution in [0.15, 0.2) is 5.38 Å². The summed E-state index contributed by atoms with van der Waals surface area (Å²) in [4.78, 5) is 4.54. The summed E-state index contributed by atoms with van der Waals surface area (Å²) < 4.78 is 0. The molecule has 4 heteroatoms. The molecule has 1 aromatic heterocycles. The number of nitrogens with one attached hydrogen (secondary N) is 1. The number of aromatic nitrogens is 1. The average Bonchev–Trinajstić information content (AvgIpc) is 2.59. The molecule has 0 radical (unpaired) electrons. The molecule has 3 nitrogen and oxygen atoms in total. The van der Waals surface area contributed by atoms with Gasteiger partial charge in [-0.05, 0) is 32.6 Å². The van der Waals surface area contributed by atoms with E-state index in [9.17, 15) is 0 Å².